The van der Waals surface area contributed by atoms with Crippen LogP contribution in [0, 0.1) is 0 Å². The fourth-order valence-electron chi connectivity index (χ4n) is 0.755. The zero-order chi connectivity index (χ0) is 8.23. The maximum absolute atomic E-state index is 3.76. The van der Waals surface area contributed by atoms with Gasteiger partial charge in [-0.05, 0) is 22.6 Å². The molecule has 0 radical (unpaired) electrons. The van der Waals surface area contributed by atoms with Gasteiger partial charge in [-0.25, -0.2) is 0 Å². The smallest absolute Gasteiger partial charge is 0.117 e. The van der Waals surface area contributed by atoms with Gasteiger partial charge in [-0.1, -0.05) is 0 Å². The quantitative estimate of drug-likeness (QED) is 0.571. The van der Waals surface area contributed by atoms with Crippen molar-refractivity contribution in [3.8, 4) is 11.4 Å². The summed E-state index contributed by atoms with van der Waals surface area (Å²) in [6, 6.07) is 3.41. The molecule has 12 heavy (non-hydrogen) atoms. The molecule has 2 aromatic rings. The van der Waals surface area contributed by atoms with Crippen LogP contribution in [-0.4, -0.2) is 30.8 Å². The lowest BCUT2D eigenvalue weighted by molar-refractivity contribution is 0.840. The lowest BCUT2D eigenvalue weighted by Crippen LogP contribution is -1.93. The van der Waals surface area contributed by atoms with Gasteiger partial charge in [0.2, 0.25) is 0 Å². The van der Waals surface area contributed by atoms with Crippen LogP contribution in [0.4, 0.5) is 0 Å². The van der Waals surface area contributed by atoms with Crippen molar-refractivity contribution >= 4 is 0 Å². The van der Waals surface area contributed by atoms with Crippen LogP contribution in [0.1, 0.15) is 0 Å². The van der Waals surface area contributed by atoms with E-state index in [1.807, 2.05) is 0 Å². The Morgan fingerprint density at radius 3 is 1.58 bits per heavy atom. The van der Waals surface area contributed by atoms with E-state index in [0.29, 0.717) is 11.4 Å². The molecular weight excluding hydrogens is 156 g/mol. The molecule has 2 aromatic heterocycles. The molecule has 0 bridgehead atoms. The third kappa shape index (κ3) is 1.22. The van der Waals surface area contributed by atoms with Gasteiger partial charge < -0.3 is 0 Å². The van der Waals surface area contributed by atoms with Gasteiger partial charge in [0, 0.05) is 0 Å². The Kier molecular flexibility index (Phi) is 1.65. The molecule has 0 N–H and O–H groups in total. The summed E-state index contributed by atoms with van der Waals surface area (Å²) in [5.41, 5.74) is 1.28. The molecule has 6 heteroatoms. The fraction of sp³-hybridized carbons (Fsp3) is 0. The molecule has 0 aliphatic carbocycles. The molecule has 2 heterocycles. The lowest BCUT2D eigenvalue weighted by Gasteiger charge is -1.92. The Hall–Kier alpha value is -1.98. The molecular formula is C6H4N6. The van der Waals surface area contributed by atoms with Gasteiger partial charge in [0.05, 0.1) is 12.4 Å². The van der Waals surface area contributed by atoms with Crippen LogP contribution in [0.15, 0.2) is 24.5 Å². The van der Waals surface area contributed by atoms with E-state index in [-0.39, 0.29) is 0 Å². The van der Waals surface area contributed by atoms with Crippen molar-refractivity contribution < 1.29 is 0 Å². The first-order chi connectivity index (χ1) is 5.97. The van der Waals surface area contributed by atoms with Gasteiger partial charge in [0.25, 0.3) is 0 Å². The second-order valence-electron chi connectivity index (χ2n) is 2.01. The minimum Gasteiger partial charge on any atom is -0.139 e. The molecule has 0 aliphatic rings. The summed E-state index contributed by atoms with van der Waals surface area (Å²) in [6.07, 6.45) is 3.09. The molecule has 0 aliphatic heterocycles. The lowest BCUT2D eigenvalue weighted by atomic mass is 10.3. The van der Waals surface area contributed by atoms with Gasteiger partial charge in [0.1, 0.15) is 11.4 Å². The van der Waals surface area contributed by atoms with Crippen LogP contribution in [-0.2, 0) is 0 Å². The van der Waals surface area contributed by atoms with Crippen molar-refractivity contribution in [1.82, 2.24) is 30.8 Å². The van der Waals surface area contributed by atoms with Crippen LogP contribution in [0.2, 0.25) is 0 Å². The molecule has 0 spiro atoms. The largest absolute Gasteiger partial charge is 0.139 e. The molecule has 0 unspecified atom stereocenters. The Labute approximate surface area is 67.7 Å². The highest BCUT2D eigenvalue weighted by molar-refractivity contribution is 5.50. The van der Waals surface area contributed by atoms with Crippen molar-refractivity contribution in [3.63, 3.8) is 0 Å². The Bertz CT molecular complexity index is 309. The van der Waals surface area contributed by atoms with Gasteiger partial charge in [-0.3, -0.25) is 0 Å². The summed E-state index contributed by atoms with van der Waals surface area (Å²) < 4.78 is 0. The Morgan fingerprint density at radius 1 is 0.750 bits per heavy atom. The minimum absolute atomic E-state index is 0.639. The maximum atomic E-state index is 3.76. The highest BCUT2D eigenvalue weighted by Crippen LogP contribution is 2.07. The molecule has 2 rings (SSSR count). The molecule has 0 aromatic carbocycles. The van der Waals surface area contributed by atoms with E-state index in [1.165, 1.54) is 0 Å². The average molecular weight is 160 g/mol. The first-order valence-electron chi connectivity index (χ1n) is 3.26. The van der Waals surface area contributed by atoms with Crippen LogP contribution in [0.25, 0.3) is 11.4 Å². The monoisotopic (exact) mass is 160 g/mol. The zero-order valence-electron chi connectivity index (χ0n) is 5.99. The minimum atomic E-state index is 0.639. The topological polar surface area (TPSA) is 77.3 Å². The molecule has 0 atom stereocenters. The van der Waals surface area contributed by atoms with Crippen molar-refractivity contribution in [2.75, 3.05) is 0 Å². The predicted molar refractivity (Wildman–Crippen MR) is 38.6 cm³/mol. The molecule has 58 valence electrons. The van der Waals surface area contributed by atoms with E-state index < -0.39 is 0 Å². The zero-order valence-corrected chi connectivity index (χ0v) is 5.99. The second-order valence-corrected chi connectivity index (χ2v) is 2.01. The average Bonchev–Trinajstić information content (AvgIpc) is 2.21. The molecule has 6 nitrogen and oxygen atoms in total. The van der Waals surface area contributed by atoms with Crippen LogP contribution in [0.3, 0.4) is 0 Å². The highest BCUT2D eigenvalue weighted by atomic mass is 15.3. The van der Waals surface area contributed by atoms with Crippen LogP contribution in [0.5, 0.6) is 0 Å². The van der Waals surface area contributed by atoms with Crippen LogP contribution < -0.4 is 0 Å². The predicted octanol–water partition coefficient (Wildman–Crippen LogP) is -0.276. The summed E-state index contributed by atoms with van der Waals surface area (Å²) >= 11 is 0. The first kappa shape index (κ1) is 6.71. The Balaban J connectivity index is 2.46. The number of hydrogen-bond acceptors (Lipinski definition) is 6. The number of nitrogens with zero attached hydrogens (tertiary/aromatic N) is 6. The first-order valence-corrected chi connectivity index (χ1v) is 3.26. The third-order valence-corrected chi connectivity index (χ3v) is 1.27. The van der Waals surface area contributed by atoms with Gasteiger partial charge in [-0.2, -0.15) is 0 Å². The molecule has 0 saturated heterocycles. The summed E-state index contributed by atoms with van der Waals surface area (Å²) in [5, 5.41) is 21.6. The van der Waals surface area contributed by atoms with E-state index in [9.17, 15) is 0 Å². The van der Waals surface area contributed by atoms with E-state index in [0.717, 1.165) is 0 Å². The number of aromatic nitrogens is 6. The van der Waals surface area contributed by atoms with Crippen molar-refractivity contribution in [3.05, 3.63) is 24.5 Å². The standard InChI is InChI=1S/C6H4N6/c1-3-7-11-9-5(1)6-2-4-8-12-10-6/h1-4H. The number of hydrogen-bond donors (Lipinski definition) is 0. The van der Waals surface area contributed by atoms with Crippen molar-refractivity contribution in [2.45, 2.75) is 0 Å². The van der Waals surface area contributed by atoms with Gasteiger partial charge in [0.15, 0.2) is 0 Å². The second kappa shape index (κ2) is 2.95. The van der Waals surface area contributed by atoms with Crippen molar-refractivity contribution in [2.24, 2.45) is 0 Å². The molecule has 0 saturated carbocycles. The summed E-state index contributed by atoms with van der Waals surface area (Å²) in [4.78, 5) is 0. The van der Waals surface area contributed by atoms with Crippen molar-refractivity contribution in [1.29, 1.82) is 0 Å². The van der Waals surface area contributed by atoms with Crippen LogP contribution >= 0.6 is 0 Å². The van der Waals surface area contributed by atoms with Gasteiger partial charge >= 0.3 is 0 Å². The highest BCUT2D eigenvalue weighted by Gasteiger charge is 1.98. The fourth-order valence-corrected chi connectivity index (χ4v) is 0.755. The summed E-state index contributed by atoms with van der Waals surface area (Å²) in [6.45, 7) is 0. The number of rotatable bonds is 1. The maximum Gasteiger partial charge on any atom is 0.117 e. The normalized spacial score (nSPS) is 9.67. The third-order valence-electron chi connectivity index (χ3n) is 1.27. The molecule has 0 fully saturated rings. The van der Waals surface area contributed by atoms with E-state index in [1.54, 1.807) is 24.5 Å². The summed E-state index contributed by atoms with van der Waals surface area (Å²) in [7, 11) is 0. The summed E-state index contributed by atoms with van der Waals surface area (Å²) in [5.74, 6) is 0. The van der Waals surface area contributed by atoms with Gasteiger partial charge in [-0.15, -0.1) is 20.4 Å². The van der Waals surface area contributed by atoms with E-state index in [4.69, 9.17) is 0 Å². The van der Waals surface area contributed by atoms with E-state index >= 15 is 0 Å². The Morgan fingerprint density at radius 2 is 1.25 bits per heavy atom. The molecule has 0 amide bonds. The van der Waals surface area contributed by atoms with E-state index in [2.05, 4.69) is 30.8 Å². The SMILES string of the molecule is c1cc(-c2ccnnn2)nnn1.